The van der Waals surface area contributed by atoms with Crippen molar-refractivity contribution in [2.24, 2.45) is 0 Å². The van der Waals surface area contributed by atoms with Crippen LogP contribution in [0.2, 0.25) is 0 Å². The summed E-state index contributed by atoms with van der Waals surface area (Å²) in [6, 6.07) is 7.60. The summed E-state index contributed by atoms with van der Waals surface area (Å²) in [5, 5.41) is 6.10. The topological polar surface area (TPSA) is 94.0 Å². The molecule has 2 N–H and O–H groups in total. The average Bonchev–Trinajstić information content (AvgIpc) is 3.12. The molecule has 2 heterocycles. The normalized spacial score (nSPS) is 10.5. The fourth-order valence-electron chi connectivity index (χ4n) is 2.89. The molecule has 3 rings (SSSR count). The van der Waals surface area contributed by atoms with E-state index in [2.05, 4.69) is 25.6 Å². The highest BCUT2D eigenvalue weighted by molar-refractivity contribution is 5.78. The van der Waals surface area contributed by atoms with Crippen LogP contribution in [0.15, 0.2) is 43.0 Å². The summed E-state index contributed by atoms with van der Waals surface area (Å²) >= 11 is 0. The molecule has 3 aromatic rings. The minimum Gasteiger partial charge on any atom is -0.496 e. The molecule has 0 saturated heterocycles. The van der Waals surface area contributed by atoms with E-state index in [0.717, 1.165) is 28.5 Å². The Morgan fingerprint density at radius 3 is 2.71 bits per heavy atom. The first-order valence-corrected chi connectivity index (χ1v) is 9.03. The summed E-state index contributed by atoms with van der Waals surface area (Å²) < 4.78 is 7.12. The Kier molecular flexibility index (Phi) is 6.21. The molecule has 1 aromatic carbocycles. The summed E-state index contributed by atoms with van der Waals surface area (Å²) in [5.41, 5.74) is 1.97. The molecule has 0 aliphatic rings. The number of hydrogen-bond donors (Lipinski definition) is 2. The fraction of sp³-hybridized carbons (Fsp3) is 0.300. The molecule has 0 fully saturated rings. The van der Waals surface area contributed by atoms with Crippen LogP contribution in [0.3, 0.4) is 0 Å². The van der Waals surface area contributed by atoms with Gasteiger partial charge in [-0.2, -0.15) is 0 Å². The van der Waals surface area contributed by atoms with Gasteiger partial charge in [0.15, 0.2) is 0 Å². The summed E-state index contributed by atoms with van der Waals surface area (Å²) in [6.45, 7) is 4.94. The minimum absolute atomic E-state index is 0.0243. The number of imidazole rings is 1. The number of methoxy groups -OCH3 is 1. The summed E-state index contributed by atoms with van der Waals surface area (Å²) in [6.07, 6.45) is 5.41. The molecule has 8 heteroatoms. The molecule has 0 radical (unpaired) electrons. The lowest BCUT2D eigenvalue weighted by molar-refractivity contribution is -0.120. The van der Waals surface area contributed by atoms with E-state index in [1.54, 1.807) is 13.3 Å². The van der Waals surface area contributed by atoms with Crippen LogP contribution in [0.4, 0.5) is 5.82 Å². The van der Waals surface area contributed by atoms with Gasteiger partial charge in [-0.3, -0.25) is 9.36 Å². The van der Waals surface area contributed by atoms with Crippen LogP contribution in [0, 0.1) is 13.8 Å². The number of rotatable bonds is 8. The highest BCUT2D eigenvalue weighted by atomic mass is 16.5. The van der Waals surface area contributed by atoms with Gasteiger partial charge in [-0.15, -0.1) is 0 Å². The maximum absolute atomic E-state index is 12.1. The zero-order chi connectivity index (χ0) is 19.9. The first-order valence-electron chi connectivity index (χ1n) is 9.03. The van der Waals surface area contributed by atoms with Crippen molar-refractivity contribution in [3.8, 4) is 11.6 Å². The van der Waals surface area contributed by atoms with Crippen LogP contribution < -0.4 is 15.4 Å². The first-order chi connectivity index (χ1) is 13.6. The van der Waals surface area contributed by atoms with E-state index in [1.807, 2.05) is 48.9 Å². The fourth-order valence-corrected chi connectivity index (χ4v) is 2.89. The van der Waals surface area contributed by atoms with Gasteiger partial charge < -0.3 is 15.4 Å². The number of nitrogens with zero attached hydrogens (tertiary/aromatic N) is 4. The summed E-state index contributed by atoms with van der Waals surface area (Å²) in [7, 11) is 1.64. The molecule has 0 unspecified atom stereocenters. The van der Waals surface area contributed by atoms with Crippen molar-refractivity contribution in [2.45, 2.75) is 20.3 Å². The number of carbonyl (C=O) groups excluding carboxylic acids is 1. The van der Waals surface area contributed by atoms with Crippen molar-refractivity contribution < 1.29 is 9.53 Å². The van der Waals surface area contributed by atoms with E-state index >= 15 is 0 Å². The Morgan fingerprint density at radius 2 is 2.00 bits per heavy atom. The monoisotopic (exact) mass is 380 g/mol. The van der Waals surface area contributed by atoms with Gasteiger partial charge in [0.1, 0.15) is 29.5 Å². The molecule has 0 bridgehead atoms. The molecule has 0 spiro atoms. The van der Waals surface area contributed by atoms with Crippen LogP contribution in [0.5, 0.6) is 5.75 Å². The number of amides is 1. The van der Waals surface area contributed by atoms with Gasteiger partial charge in [0.25, 0.3) is 0 Å². The molecule has 8 nitrogen and oxygen atoms in total. The van der Waals surface area contributed by atoms with E-state index in [0.29, 0.717) is 25.3 Å². The van der Waals surface area contributed by atoms with Crippen LogP contribution in [-0.4, -0.2) is 45.6 Å². The molecular formula is C20H24N6O2. The molecule has 1 amide bonds. The van der Waals surface area contributed by atoms with Gasteiger partial charge in [-0.1, -0.05) is 12.1 Å². The lowest BCUT2D eigenvalue weighted by Gasteiger charge is -2.10. The van der Waals surface area contributed by atoms with Crippen molar-refractivity contribution in [1.29, 1.82) is 0 Å². The number of hydrogen-bond acceptors (Lipinski definition) is 6. The lowest BCUT2D eigenvalue weighted by Crippen LogP contribution is -2.30. The van der Waals surface area contributed by atoms with Crippen LogP contribution in [-0.2, 0) is 11.2 Å². The van der Waals surface area contributed by atoms with Crippen LogP contribution in [0.25, 0.3) is 5.82 Å². The second kappa shape index (κ2) is 8.98. The van der Waals surface area contributed by atoms with Crippen molar-refractivity contribution in [3.05, 3.63) is 59.9 Å². The molecule has 0 saturated carbocycles. The van der Waals surface area contributed by atoms with E-state index < -0.39 is 0 Å². The predicted octanol–water partition coefficient (Wildman–Crippen LogP) is 2.06. The minimum atomic E-state index is -0.0243. The number of aromatic nitrogens is 4. The highest BCUT2D eigenvalue weighted by Gasteiger charge is 2.06. The van der Waals surface area contributed by atoms with Gasteiger partial charge in [-0.05, 0) is 31.0 Å². The molecule has 28 heavy (non-hydrogen) atoms. The lowest BCUT2D eigenvalue weighted by atomic mass is 10.1. The maximum atomic E-state index is 12.1. The number of aryl methyl sites for hydroxylation is 2. The van der Waals surface area contributed by atoms with E-state index in [1.165, 1.54) is 6.33 Å². The Morgan fingerprint density at radius 1 is 1.14 bits per heavy atom. The number of anilines is 1. The Bertz CT molecular complexity index is 953. The smallest absolute Gasteiger partial charge is 0.224 e. The summed E-state index contributed by atoms with van der Waals surface area (Å²) in [4.78, 5) is 24.8. The van der Waals surface area contributed by atoms with Crippen LogP contribution >= 0.6 is 0 Å². The van der Waals surface area contributed by atoms with Gasteiger partial charge >= 0.3 is 0 Å². The first kappa shape index (κ1) is 19.3. The quantitative estimate of drug-likeness (QED) is 0.581. The van der Waals surface area contributed by atoms with Crippen molar-refractivity contribution in [1.82, 2.24) is 24.8 Å². The molecule has 0 aliphatic heterocycles. The SMILES string of the molecule is COc1ccc(CC(=O)NCCNc2cc(-n3ccnc3C)ncn2)cc1C. The van der Waals surface area contributed by atoms with E-state index in [9.17, 15) is 4.79 Å². The second-order valence-electron chi connectivity index (χ2n) is 6.36. The third-order valence-corrected chi connectivity index (χ3v) is 4.30. The average molecular weight is 380 g/mol. The highest BCUT2D eigenvalue weighted by Crippen LogP contribution is 2.18. The van der Waals surface area contributed by atoms with E-state index in [-0.39, 0.29) is 5.91 Å². The van der Waals surface area contributed by atoms with Gasteiger partial charge in [-0.25, -0.2) is 15.0 Å². The number of ether oxygens (including phenoxy) is 1. The van der Waals surface area contributed by atoms with Crippen molar-refractivity contribution >= 4 is 11.7 Å². The number of carbonyl (C=O) groups is 1. The van der Waals surface area contributed by atoms with Crippen molar-refractivity contribution in [2.75, 3.05) is 25.5 Å². The van der Waals surface area contributed by atoms with Crippen LogP contribution in [0.1, 0.15) is 17.0 Å². The number of benzene rings is 1. The third kappa shape index (κ3) is 4.85. The second-order valence-corrected chi connectivity index (χ2v) is 6.36. The van der Waals surface area contributed by atoms with E-state index in [4.69, 9.17) is 4.74 Å². The zero-order valence-corrected chi connectivity index (χ0v) is 16.3. The number of nitrogens with one attached hydrogen (secondary N) is 2. The maximum Gasteiger partial charge on any atom is 0.224 e. The van der Waals surface area contributed by atoms with Gasteiger partial charge in [0.2, 0.25) is 5.91 Å². The van der Waals surface area contributed by atoms with Crippen molar-refractivity contribution in [3.63, 3.8) is 0 Å². The Hall–Kier alpha value is -3.42. The molecular weight excluding hydrogens is 356 g/mol. The standard InChI is InChI=1S/C20H24N6O2/c1-14-10-16(4-5-17(14)28-3)11-20(27)23-7-6-22-18-12-19(25-13-24-18)26-9-8-21-15(26)2/h4-5,8-10,12-13H,6-7,11H2,1-3H3,(H,23,27)(H,22,24,25). The molecule has 2 aromatic heterocycles. The zero-order valence-electron chi connectivity index (χ0n) is 16.3. The predicted molar refractivity (Wildman–Crippen MR) is 107 cm³/mol. The van der Waals surface area contributed by atoms with Gasteiger partial charge in [0, 0.05) is 31.5 Å². The summed E-state index contributed by atoms with van der Waals surface area (Å²) in [5.74, 6) is 3.09. The largest absolute Gasteiger partial charge is 0.496 e. The Labute approximate surface area is 164 Å². The molecule has 0 aliphatic carbocycles. The Balaban J connectivity index is 1.46. The van der Waals surface area contributed by atoms with Gasteiger partial charge in [0.05, 0.1) is 13.5 Å². The molecule has 0 atom stereocenters. The third-order valence-electron chi connectivity index (χ3n) is 4.30. The molecule has 146 valence electrons.